The van der Waals surface area contributed by atoms with Crippen molar-refractivity contribution in [2.75, 3.05) is 27.3 Å². The van der Waals surface area contributed by atoms with Gasteiger partial charge in [0.2, 0.25) is 0 Å². The maximum Gasteiger partial charge on any atom is 0.122 e. The smallest absolute Gasteiger partial charge is 0.122 e. The summed E-state index contributed by atoms with van der Waals surface area (Å²) in [6.07, 6.45) is 1.03. The third-order valence-electron chi connectivity index (χ3n) is 3.52. The predicted octanol–water partition coefficient (Wildman–Crippen LogP) is 2.16. The summed E-state index contributed by atoms with van der Waals surface area (Å²) in [4.78, 5) is 0. The fourth-order valence-corrected chi connectivity index (χ4v) is 2.39. The van der Waals surface area contributed by atoms with Gasteiger partial charge in [-0.3, -0.25) is 0 Å². The molecule has 1 fully saturated rings. The number of hydrogen-bond acceptors (Lipinski definition) is 3. The minimum Gasteiger partial charge on any atom is -0.496 e. The summed E-state index contributed by atoms with van der Waals surface area (Å²) in [7, 11) is 3.44. The van der Waals surface area contributed by atoms with E-state index in [4.69, 9.17) is 9.47 Å². The minimum atomic E-state index is 0.355. The molecule has 0 saturated carbocycles. The topological polar surface area (TPSA) is 30.5 Å². The first-order chi connectivity index (χ1) is 8.08. The molecule has 0 bridgehead atoms. The van der Waals surface area contributed by atoms with Gasteiger partial charge in [-0.05, 0) is 42.0 Å². The zero-order valence-electron chi connectivity index (χ0n) is 11.1. The monoisotopic (exact) mass is 235 g/mol. The third kappa shape index (κ3) is 2.39. The molecule has 3 nitrogen and oxygen atoms in total. The van der Waals surface area contributed by atoms with Crippen molar-refractivity contribution in [3.05, 3.63) is 23.3 Å². The highest BCUT2D eigenvalue weighted by Gasteiger charge is 2.32. The highest BCUT2D eigenvalue weighted by atomic mass is 16.5. The van der Waals surface area contributed by atoms with E-state index in [2.05, 4.69) is 24.4 Å². The van der Waals surface area contributed by atoms with E-state index in [1.165, 1.54) is 5.56 Å². The van der Waals surface area contributed by atoms with Gasteiger partial charge < -0.3 is 14.8 Å². The minimum absolute atomic E-state index is 0.355. The molecule has 0 amide bonds. The quantitative estimate of drug-likeness (QED) is 0.867. The van der Waals surface area contributed by atoms with Gasteiger partial charge >= 0.3 is 0 Å². The van der Waals surface area contributed by atoms with Gasteiger partial charge in [-0.15, -0.1) is 0 Å². The van der Waals surface area contributed by atoms with Crippen LogP contribution in [0.15, 0.2) is 12.1 Å². The van der Waals surface area contributed by atoms with Crippen LogP contribution in [-0.4, -0.2) is 27.3 Å². The number of rotatable bonds is 4. The van der Waals surface area contributed by atoms with E-state index >= 15 is 0 Å². The van der Waals surface area contributed by atoms with Crippen LogP contribution in [0.4, 0.5) is 0 Å². The molecule has 0 atom stereocenters. The van der Waals surface area contributed by atoms with Gasteiger partial charge in [0.15, 0.2) is 0 Å². The second-order valence-corrected chi connectivity index (χ2v) is 5.22. The second kappa shape index (κ2) is 4.57. The van der Waals surface area contributed by atoms with E-state index in [-0.39, 0.29) is 0 Å². The van der Waals surface area contributed by atoms with E-state index in [1.807, 2.05) is 6.92 Å². The molecule has 2 rings (SSSR count). The maximum absolute atomic E-state index is 5.46. The Morgan fingerprint density at radius 1 is 1.18 bits per heavy atom. The van der Waals surface area contributed by atoms with Gasteiger partial charge in [0.1, 0.15) is 11.5 Å². The van der Waals surface area contributed by atoms with Crippen LogP contribution < -0.4 is 14.8 Å². The van der Waals surface area contributed by atoms with Crippen molar-refractivity contribution in [3.63, 3.8) is 0 Å². The van der Waals surface area contributed by atoms with Gasteiger partial charge in [0.25, 0.3) is 0 Å². The molecule has 1 aliphatic heterocycles. The zero-order valence-corrected chi connectivity index (χ0v) is 11.1. The average Bonchev–Trinajstić information content (AvgIpc) is 2.28. The van der Waals surface area contributed by atoms with E-state index in [0.29, 0.717) is 5.41 Å². The molecule has 0 aliphatic carbocycles. The van der Waals surface area contributed by atoms with Crippen molar-refractivity contribution in [1.29, 1.82) is 0 Å². The summed E-state index contributed by atoms with van der Waals surface area (Å²) in [5, 5.41) is 3.33. The Morgan fingerprint density at radius 3 is 2.29 bits per heavy atom. The molecule has 0 aromatic heterocycles. The van der Waals surface area contributed by atoms with Crippen LogP contribution in [0.5, 0.6) is 11.5 Å². The Morgan fingerprint density at radius 2 is 1.82 bits per heavy atom. The lowest BCUT2D eigenvalue weighted by Gasteiger charge is -2.39. The first-order valence-electron chi connectivity index (χ1n) is 6.00. The van der Waals surface area contributed by atoms with Crippen LogP contribution >= 0.6 is 0 Å². The Kier molecular flexibility index (Phi) is 3.29. The highest BCUT2D eigenvalue weighted by Crippen LogP contribution is 2.34. The fourth-order valence-electron chi connectivity index (χ4n) is 2.39. The lowest BCUT2D eigenvalue weighted by Crippen LogP contribution is -2.52. The number of benzene rings is 1. The summed E-state index contributed by atoms with van der Waals surface area (Å²) < 4.78 is 10.8. The van der Waals surface area contributed by atoms with Crippen molar-refractivity contribution in [3.8, 4) is 11.5 Å². The van der Waals surface area contributed by atoms with Gasteiger partial charge in [-0.2, -0.15) is 0 Å². The molecular formula is C14H21NO2. The molecule has 0 spiro atoms. The van der Waals surface area contributed by atoms with Crippen LogP contribution in [-0.2, 0) is 6.42 Å². The molecule has 1 saturated heterocycles. The summed E-state index contributed by atoms with van der Waals surface area (Å²) in [5.41, 5.74) is 2.71. The van der Waals surface area contributed by atoms with Gasteiger partial charge in [-0.25, -0.2) is 0 Å². The Hall–Kier alpha value is -1.22. The van der Waals surface area contributed by atoms with Crippen molar-refractivity contribution < 1.29 is 9.47 Å². The predicted molar refractivity (Wildman–Crippen MR) is 69.0 cm³/mol. The van der Waals surface area contributed by atoms with Crippen LogP contribution in [0.3, 0.4) is 0 Å². The van der Waals surface area contributed by atoms with Crippen LogP contribution in [0, 0.1) is 12.3 Å². The van der Waals surface area contributed by atoms with E-state index in [9.17, 15) is 0 Å². The summed E-state index contributed by atoms with van der Waals surface area (Å²) in [5.74, 6) is 1.91. The molecule has 94 valence electrons. The van der Waals surface area contributed by atoms with Gasteiger partial charge in [-0.1, -0.05) is 6.92 Å². The van der Waals surface area contributed by atoms with E-state index in [1.54, 1.807) is 14.2 Å². The van der Waals surface area contributed by atoms with Gasteiger partial charge in [0.05, 0.1) is 14.2 Å². The molecule has 1 aliphatic rings. The Labute approximate surface area is 103 Å². The number of aryl methyl sites for hydroxylation is 1. The second-order valence-electron chi connectivity index (χ2n) is 5.22. The largest absolute Gasteiger partial charge is 0.496 e. The van der Waals surface area contributed by atoms with Crippen molar-refractivity contribution in [2.24, 2.45) is 5.41 Å². The SMILES string of the molecule is COc1cc(CC2(C)CNC2)c(OC)cc1C. The number of ether oxygens (including phenoxy) is 2. The molecule has 1 heterocycles. The van der Waals surface area contributed by atoms with Crippen molar-refractivity contribution >= 4 is 0 Å². The molecule has 1 aromatic carbocycles. The van der Waals surface area contributed by atoms with Crippen molar-refractivity contribution in [1.82, 2.24) is 5.32 Å². The van der Waals surface area contributed by atoms with E-state index in [0.717, 1.165) is 36.6 Å². The van der Waals surface area contributed by atoms with Gasteiger partial charge in [0, 0.05) is 13.1 Å². The molecule has 3 heteroatoms. The molecule has 0 unspecified atom stereocenters. The maximum atomic E-state index is 5.46. The lowest BCUT2D eigenvalue weighted by atomic mass is 9.78. The van der Waals surface area contributed by atoms with E-state index < -0.39 is 0 Å². The number of methoxy groups -OCH3 is 2. The third-order valence-corrected chi connectivity index (χ3v) is 3.52. The number of hydrogen-bond donors (Lipinski definition) is 1. The summed E-state index contributed by atoms with van der Waals surface area (Å²) in [6, 6.07) is 4.17. The summed E-state index contributed by atoms with van der Waals surface area (Å²) in [6.45, 7) is 6.49. The standard InChI is InChI=1S/C14H21NO2/c1-10-5-13(17-4)11(6-12(10)16-3)7-14(2)8-15-9-14/h5-6,15H,7-9H2,1-4H3. The first-order valence-corrected chi connectivity index (χ1v) is 6.00. The molecular weight excluding hydrogens is 214 g/mol. The first kappa shape index (κ1) is 12.2. The van der Waals surface area contributed by atoms with Crippen LogP contribution in [0.25, 0.3) is 0 Å². The Balaban J connectivity index is 2.30. The lowest BCUT2D eigenvalue weighted by molar-refractivity contribution is 0.193. The fraction of sp³-hybridized carbons (Fsp3) is 0.571. The highest BCUT2D eigenvalue weighted by molar-refractivity contribution is 5.46. The molecule has 17 heavy (non-hydrogen) atoms. The zero-order chi connectivity index (χ0) is 12.5. The normalized spacial score (nSPS) is 17.4. The van der Waals surface area contributed by atoms with Crippen LogP contribution in [0.1, 0.15) is 18.1 Å². The number of nitrogens with one attached hydrogen (secondary N) is 1. The molecule has 1 aromatic rings. The molecule has 1 N–H and O–H groups in total. The summed E-state index contributed by atoms with van der Waals surface area (Å²) >= 11 is 0. The van der Waals surface area contributed by atoms with Crippen molar-refractivity contribution in [2.45, 2.75) is 20.3 Å². The van der Waals surface area contributed by atoms with Crippen LogP contribution in [0.2, 0.25) is 0 Å². The average molecular weight is 235 g/mol. The Bertz CT molecular complexity index is 411. The molecule has 0 radical (unpaired) electrons.